The summed E-state index contributed by atoms with van der Waals surface area (Å²) in [5.41, 5.74) is 4.75. The van der Waals surface area contributed by atoms with Crippen LogP contribution < -0.4 is 4.74 Å². The van der Waals surface area contributed by atoms with Crippen LogP contribution in [0.3, 0.4) is 0 Å². The van der Waals surface area contributed by atoms with E-state index in [2.05, 4.69) is 95.7 Å². The molecule has 0 radical (unpaired) electrons. The van der Waals surface area contributed by atoms with Gasteiger partial charge in [0.15, 0.2) is 11.0 Å². The standard InChI is InChI=1S/C24H28N4OS/c1-5-27-16-20(19-9-7-8-10-21(19)27)23-25-26-24(28(23)6-2)30-14-13-29-22-15-17(3)11-12-18(22)4/h7-12,15-16H,5-6,13-14H2,1-4H3. The summed E-state index contributed by atoms with van der Waals surface area (Å²) in [7, 11) is 0. The van der Waals surface area contributed by atoms with E-state index in [4.69, 9.17) is 4.74 Å². The lowest BCUT2D eigenvalue weighted by Gasteiger charge is -2.10. The van der Waals surface area contributed by atoms with Crippen LogP contribution >= 0.6 is 11.8 Å². The summed E-state index contributed by atoms with van der Waals surface area (Å²) in [6, 6.07) is 14.8. The second kappa shape index (κ2) is 8.96. The first-order chi connectivity index (χ1) is 14.6. The zero-order chi connectivity index (χ0) is 21.1. The maximum absolute atomic E-state index is 6.00. The summed E-state index contributed by atoms with van der Waals surface area (Å²) >= 11 is 1.69. The molecule has 0 aliphatic heterocycles. The second-order valence-electron chi connectivity index (χ2n) is 7.36. The highest BCUT2D eigenvalue weighted by molar-refractivity contribution is 7.99. The average Bonchev–Trinajstić information content (AvgIpc) is 3.34. The fraction of sp³-hybridized carbons (Fsp3) is 0.333. The van der Waals surface area contributed by atoms with Gasteiger partial charge in [0.2, 0.25) is 0 Å². The monoisotopic (exact) mass is 420 g/mol. The molecule has 0 fully saturated rings. The van der Waals surface area contributed by atoms with E-state index in [1.807, 2.05) is 0 Å². The van der Waals surface area contributed by atoms with Gasteiger partial charge >= 0.3 is 0 Å². The van der Waals surface area contributed by atoms with Gasteiger partial charge in [0, 0.05) is 41.5 Å². The SMILES string of the molecule is CCn1c(SCCOc2cc(C)ccc2C)nnc1-c1cn(CC)c2ccccc12. The van der Waals surface area contributed by atoms with Gasteiger partial charge in [0.05, 0.1) is 6.61 Å². The predicted molar refractivity (Wildman–Crippen MR) is 124 cm³/mol. The maximum Gasteiger partial charge on any atom is 0.191 e. The molecule has 0 atom stereocenters. The maximum atomic E-state index is 6.00. The Morgan fingerprint density at radius 2 is 1.83 bits per heavy atom. The van der Waals surface area contributed by atoms with E-state index in [0.29, 0.717) is 6.61 Å². The van der Waals surface area contributed by atoms with Crippen LogP contribution in [0.5, 0.6) is 5.75 Å². The third kappa shape index (κ3) is 3.97. The Bertz CT molecular complexity index is 1160. The molecule has 2 heterocycles. The third-order valence-corrected chi connectivity index (χ3v) is 6.25. The number of fused-ring (bicyclic) bond motifs is 1. The van der Waals surface area contributed by atoms with E-state index in [1.165, 1.54) is 16.5 Å². The number of hydrogen-bond acceptors (Lipinski definition) is 4. The highest BCUT2D eigenvalue weighted by Gasteiger charge is 2.18. The Morgan fingerprint density at radius 1 is 1.00 bits per heavy atom. The minimum Gasteiger partial charge on any atom is -0.492 e. The number of benzene rings is 2. The van der Waals surface area contributed by atoms with Gasteiger partial charge in [-0.05, 0) is 51.0 Å². The molecule has 0 aliphatic rings. The number of nitrogens with zero attached hydrogens (tertiary/aromatic N) is 4. The molecule has 2 aromatic heterocycles. The summed E-state index contributed by atoms with van der Waals surface area (Å²) in [4.78, 5) is 0. The van der Waals surface area contributed by atoms with Crippen LogP contribution in [0.1, 0.15) is 25.0 Å². The normalized spacial score (nSPS) is 11.3. The molecule has 0 amide bonds. The van der Waals surface area contributed by atoms with Crippen LogP contribution in [0.4, 0.5) is 0 Å². The molecule has 5 nitrogen and oxygen atoms in total. The molecule has 0 N–H and O–H groups in total. The first-order valence-electron chi connectivity index (χ1n) is 10.5. The molecule has 0 aliphatic carbocycles. The van der Waals surface area contributed by atoms with Gasteiger partial charge in [-0.2, -0.15) is 0 Å². The summed E-state index contributed by atoms with van der Waals surface area (Å²) in [5, 5.41) is 11.2. The van der Waals surface area contributed by atoms with E-state index < -0.39 is 0 Å². The largest absolute Gasteiger partial charge is 0.492 e. The Hall–Kier alpha value is -2.73. The Balaban J connectivity index is 1.51. The summed E-state index contributed by atoms with van der Waals surface area (Å²) in [5.74, 6) is 2.71. The van der Waals surface area contributed by atoms with Gasteiger partial charge in [-0.25, -0.2) is 0 Å². The second-order valence-corrected chi connectivity index (χ2v) is 8.42. The lowest BCUT2D eigenvalue weighted by atomic mass is 10.1. The molecule has 4 rings (SSSR count). The van der Waals surface area contributed by atoms with E-state index in [0.717, 1.165) is 46.7 Å². The molecule has 0 unspecified atom stereocenters. The predicted octanol–water partition coefficient (Wildman–Crippen LogP) is 5.73. The number of para-hydroxylation sites is 1. The van der Waals surface area contributed by atoms with Gasteiger partial charge in [-0.3, -0.25) is 0 Å². The van der Waals surface area contributed by atoms with Gasteiger partial charge in [0.1, 0.15) is 5.75 Å². The van der Waals surface area contributed by atoms with E-state index in [1.54, 1.807) is 11.8 Å². The van der Waals surface area contributed by atoms with Gasteiger partial charge in [-0.15, -0.1) is 10.2 Å². The lowest BCUT2D eigenvalue weighted by Crippen LogP contribution is -2.04. The van der Waals surface area contributed by atoms with E-state index in [9.17, 15) is 0 Å². The number of aryl methyl sites for hydroxylation is 3. The van der Waals surface area contributed by atoms with Crippen molar-refractivity contribution in [2.75, 3.05) is 12.4 Å². The quantitative estimate of drug-likeness (QED) is 0.270. The number of hydrogen-bond donors (Lipinski definition) is 0. The fourth-order valence-corrected chi connectivity index (χ4v) is 4.53. The van der Waals surface area contributed by atoms with Crippen LogP contribution in [0.15, 0.2) is 53.8 Å². The summed E-state index contributed by atoms with van der Waals surface area (Å²) < 4.78 is 10.5. The number of ether oxygens (including phenoxy) is 1. The first kappa shape index (κ1) is 20.5. The average molecular weight is 421 g/mol. The van der Waals surface area contributed by atoms with Crippen molar-refractivity contribution in [2.45, 2.75) is 45.9 Å². The lowest BCUT2D eigenvalue weighted by molar-refractivity contribution is 0.341. The molecule has 0 saturated heterocycles. The molecule has 6 heteroatoms. The third-order valence-electron chi connectivity index (χ3n) is 5.32. The van der Waals surface area contributed by atoms with Crippen molar-refractivity contribution in [2.24, 2.45) is 0 Å². The number of aromatic nitrogens is 4. The topological polar surface area (TPSA) is 44.9 Å². The molecule has 156 valence electrons. The van der Waals surface area contributed by atoms with Crippen LogP contribution in [0.25, 0.3) is 22.3 Å². The van der Waals surface area contributed by atoms with Crippen molar-refractivity contribution < 1.29 is 4.74 Å². The van der Waals surface area contributed by atoms with Crippen molar-refractivity contribution in [3.8, 4) is 17.1 Å². The highest BCUT2D eigenvalue weighted by atomic mass is 32.2. The zero-order valence-electron chi connectivity index (χ0n) is 18.1. The minimum absolute atomic E-state index is 0.635. The Morgan fingerprint density at radius 3 is 2.63 bits per heavy atom. The van der Waals surface area contributed by atoms with Crippen molar-refractivity contribution in [1.29, 1.82) is 0 Å². The fourth-order valence-electron chi connectivity index (χ4n) is 3.71. The first-order valence-corrected chi connectivity index (χ1v) is 11.4. The molecule has 30 heavy (non-hydrogen) atoms. The van der Waals surface area contributed by atoms with Gasteiger partial charge in [0.25, 0.3) is 0 Å². The van der Waals surface area contributed by atoms with Crippen molar-refractivity contribution in [3.05, 3.63) is 59.8 Å². The molecule has 4 aromatic rings. The summed E-state index contributed by atoms with van der Waals surface area (Å²) in [6.07, 6.45) is 2.19. The smallest absolute Gasteiger partial charge is 0.191 e. The van der Waals surface area contributed by atoms with Crippen LogP contribution in [0.2, 0.25) is 0 Å². The summed E-state index contributed by atoms with van der Waals surface area (Å²) in [6.45, 7) is 10.9. The van der Waals surface area contributed by atoms with Crippen LogP contribution in [0, 0.1) is 13.8 Å². The molecule has 0 saturated carbocycles. The Labute approximate surface area is 182 Å². The van der Waals surface area contributed by atoms with Crippen LogP contribution in [-0.2, 0) is 13.1 Å². The minimum atomic E-state index is 0.635. The molecular weight excluding hydrogens is 392 g/mol. The number of thioether (sulfide) groups is 1. The zero-order valence-corrected chi connectivity index (χ0v) is 18.9. The molecule has 0 spiro atoms. The van der Waals surface area contributed by atoms with E-state index in [-0.39, 0.29) is 0 Å². The molecule has 2 aromatic carbocycles. The molecular formula is C24H28N4OS. The van der Waals surface area contributed by atoms with Crippen molar-refractivity contribution in [3.63, 3.8) is 0 Å². The highest BCUT2D eigenvalue weighted by Crippen LogP contribution is 2.31. The van der Waals surface area contributed by atoms with Crippen molar-refractivity contribution in [1.82, 2.24) is 19.3 Å². The van der Waals surface area contributed by atoms with Crippen LogP contribution in [-0.4, -0.2) is 31.7 Å². The Kier molecular flexibility index (Phi) is 6.13. The molecule has 0 bridgehead atoms. The van der Waals surface area contributed by atoms with Gasteiger partial charge < -0.3 is 13.9 Å². The van der Waals surface area contributed by atoms with Crippen molar-refractivity contribution >= 4 is 22.7 Å². The number of rotatable bonds is 8. The van der Waals surface area contributed by atoms with E-state index >= 15 is 0 Å². The van der Waals surface area contributed by atoms with Gasteiger partial charge in [-0.1, -0.05) is 42.1 Å².